The lowest BCUT2D eigenvalue weighted by atomic mass is 10.2. The van der Waals surface area contributed by atoms with Crippen molar-refractivity contribution in [3.63, 3.8) is 0 Å². The van der Waals surface area contributed by atoms with Crippen molar-refractivity contribution >= 4 is 23.4 Å². The summed E-state index contributed by atoms with van der Waals surface area (Å²) in [5, 5.41) is 9.77. The third-order valence-corrected chi connectivity index (χ3v) is 4.86. The second-order valence-electron chi connectivity index (χ2n) is 5.63. The zero-order chi connectivity index (χ0) is 20.3. The molecular formula is C18H15F3N4O2S. The molecule has 0 unspecified atom stereocenters. The van der Waals surface area contributed by atoms with Gasteiger partial charge >= 0.3 is 0 Å². The third-order valence-electron chi connectivity index (χ3n) is 3.81. The predicted molar refractivity (Wildman–Crippen MR) is 98.2 cm³/mol. The molecule has 0 spiro atoms. The number of methoxy groups -OCH3 is 1. The number of thioether (sulfide) groups is 1. The van der Waals surface area contributed by atoms with Crippen molar-refractivity contribution in [2.24, 2.45) is 0 Å². The Morgan fingerprint density at radius 1 is 1.18 bits per heavy atom. The van der Waals surface area contributed by atoms with E-state index in [4.69, 9.17) is 4.74 Å². The second kappa shape index (κ2) is 8.34. The first-order chi connectivity index (χ1) is 13.4. The van der Waals surface area contributed by atoms with E-state index in [1.807, 2.05) is 12.1 Å². The second-order valence-corrected chi connectivity index (χ2v) is 6.94. The average Bonchev–Trinajstić information content (AvgIpc) is 3.16. The van der Waals surface area contributed by atoms with Gasteiger partial charge in [0.2, 0.25) is 5.91 Å². The highest BCUT2D eigenvalue weighted by Gasteiger charge is 2.22. The number of aromatic nitrogens is 3. The lowest BCUT2D eigenvalue weighted by Gasteiger charge is -2.14. The maximum atomic E-state index is 13.8. The van der Waals surface area contributed by atoms with Gasteiger partial charge in [0.25, 0.3) is 0 Å². The monoisotopic (exact) mass is 408 g/mol. The number of nitrogens with one attached hydrogen (secondary N) is 1. The van der Waals surface area contributed by atoms with Crippen molar-refractivity contribution in [1.82, 2.24) is 14.8 Å². The van der Waals surface area contributed by atoms with E-state index >= 15 is 0 Å². The number of halogens is 3. The molecule has 146 valence electrons. The van der Waals surface area contributed by atoms with Crippen LogP contribution in [0.15, 0.2) is 47.9 Å². The van der Waals surface area contributed by atoms with Crippen molar-refractivity contribution in [1.29, 1.82) is 0 Å². The number of nitrogens with zero attached hydrogens (tertiary/aromatic N) is 3. The summed E-state index contributed by atoms with van der Waals surface area (Å²) < 4.78 is 47.1. The van der Waals surface area contributed by atoms with Crippen LogP contribution in [-0.4, -0.2) is 33.0 Å². The van der Waals surface area contributed by atoms with Crippen molar-refractivity contribution < 1.29 is 22.7 Å². The van der Waals surface area contributed by atoms with E-state index in [2.05, 4.69) is 15.5 Å². The standard InChI is InChI=1S/C18H15F3N4O2S/c1-10(17(26)23-12-8-7-11(19)15(20)16(12)21)28-18-24-22-9-25(18)13-5-3-4-6-14(13)27-2/h3-10H,1-2H3,(H,23,26)/t10-/m1/s1. The maximum Gasteiger partial charge on any atom is 0.237 e. The summed E-state index contributed by atoms with van der Waals surface area (Å²) in [6.07, 6.45) is 1.47. The van der Waals surface area contributed by atoms with Gasteiger partial charge in [-0.05, 0) is 31.2 Å². The summed E-state index contributed by atoms with van der Waals surface area (Å²) in [5.74, 6) is -4.45. The van der Waals surface area contributed by atoms with Crippen molar-refractivity contribution in [2.75, 3.05) is 12.4 Å². The van der Waals surface area contributed by atoms with E-state index in [0.717, 1.165) is 23.9 Å². The quantitative estimate of drug-likeness (QED) is 0.496. The molecule has 6 nitrogen and oxygen atoms in total. The Morgan fingerprint density at radius 3 is 2.68 bits per heavy atom. The summed E-state index contributed by atoms with van der Waals surface area (Å²) >= 11 is 1.06. The molecule has 0 saturated carbocycles. The highest BCUT2D eigenvalue weighted by molar-refractivity contribution is 8.00. The minimum atomic E-state index is -1.64. The lowest BCUT2D eigenvalue weighted by molar-refractivity contribution is -0.115. The van der Waals surface area contributed by atoms with Crippen LogP contribution < -0.4 is 10.1 Å². The number of para-hydroxylation sites is 2. The van der Waals surface area contributed by atoms with Crippen molar-refractivity contribution in [2.45, 2.75) is 17.3 Å². The smallest absolute Gasteiger partial charge is 0.237 e. The normalized spacial score (nSPS) is 11.9. The van der Waals surface area contributed by atoms with Crippen LogP contribution in [0, 0.1) is 17.5 Å². The molecule has 1 N–H and O–H groups in total. The molecular weight excluding hydrogens is 393 g/mol. The Hall–Kier alpha value is -3.01. The number of benzene rings is 2. The zero-order valence-electron chi connectivity index (χ0n) is 14.8. The van der Waals surface area contributed by atoms with E-state index in [0.29, 0.717) is 16.6 Å². The molecule has 1 heterocycles. The Balaban J connectivity index is 1.77. The van der Waals surface area contributed by atoms with Crippen LogP contribution in [0.3, 0.4) is 0 Å². The van der Waals surface area contributed by atoms with Crippen molar-refractivity contribution in [3.8, 4) is 11.4 Å². The van der Waals surface area contributed by atoms with Crippen LogP contribution in [0.25, 0.3) is 5.69 Å². The molecule has 10 heteroatoms. The van der Waals surface area contributed by atoms with Gasteiger partial charge < -0.3 is 10.1 Å². The largest absolute Gasteiger partial charge is 0.495 e. The molecule has 1 amide bonds. The molecule has 28 heavy (non-hydrogen) atoms. The fourth-order valence-corrected chi connectivity index (χ4v) is 3.20. The molecule has 1 atom stereocenters. The van der Waals surface area contributed by atoms with E-state index in [-0.39, 0.29) is 0 Å². The van der Waals surface area contributed by atoms with Crippen LogP contribution in [0.1, 0.15) is 6.92 Å². The van der Waals surface area contributed by atoms with E-state index in [9.17, 15) is 18.0 Å². The Labute approximate surface area is 162 Å². The van der Waals surface area contributed by atoms with Gasteiger partial charge in [0.15, 0.2) is 22.6 Å². The van der Waals surface area contributed by atoms with E-state index in [1.165, 1.54) is 13.4 Å². The van der Waals surface area contributed by atoms with E-state index < -0.39 is 34.3 Å². The van der Waals surface area contributed by atoms with Gasteiger partial charge in [0.05, 0.1) is 23.7 Å². The van der Waals surface area contributed by atoms with Crippen LogP contribution in [-0.2, 0) is 4.79 Å². The number of ether oxygens (including phenoxy) is 1. The minimum Gasteiger partial charge on any atom is -0.495 e. The molecule has 0 aliphatic rings. The zero-order valence-corrected chi connectivity index (χ0v) is 15.6. The third kappa shape index (κ3) is 3.96. The van der Waals surface area contributed by atoms with Gasteiger partial charge in [0, 0.05) is 0 Å². The first-order valence-corrected chi connectivity index (χ1v) is 8.94. The topological polar surface area (TPSA) is 69.0 Å². The molecule has 3 rings (SSSR count). The number of amides is 1. The highest BCUT2D eigenvalue weighted by Crippen LogP contribution is 2.29. The average molecular weight is 408 g/mol. The molecule has 0 saturated heterocycles. The van der Waals surface area contributed by atoms with Crippen LogP contribution in [0.2, 0.25) is 0 Å². The number of hydrogen-bond donors (Lipinski definition) is 1. The fourth-order valence-electron chi connectivity index (χ4n) is 2.37. The first kappa shape index (κ1) is 19.7. The van der Waals surface area contributed by atoms with Gasteiger partial charge in [-0.1, -0.05) is 23.9 Å². The number of hydrogen-bond acceptors (Lipinski definition) is 5. The number of anilines is 1. The molecule has 0 radical (unpaired) electrons. The Morgan fingerprint density at radius 2 is 1.93 bits per heavy atom. The van der Waals surface area contributed by atoms with Gasteiger partial charge in [-0.3, -0.25) is 9.36 Å². The summed E-state index contributed by atoms with van der Waals surface area (Å²) in [6.45, 7) is 1.57. The fraction of sp³-hybridized carbons (Fsp3) is 0.167. The predicted octanol–water partition coefficient (Wildman–Crippen LogP) is 3.81. The summed E-state index contributed by atoms with van der Waals surface area (Å²) in [6, 6.07) is 8.89. The number of carbonyl (C=O) groups excluding carboxylic acids is 1. The van der Waals surface area contributed by atoms with Crippen LogP contribution in [0.4, 0.5) is 18.9 Å². The Bertz CT molecular complexity index is 1010. The van der Waals surface area contributed by atoms with Gasteiger partial charge in [-0.2, -0.15) is 0 Å². The molecule has 0 bridgehead atoms. The number of carbonyl (C=O) groups is 1. The number of rotatable bonds is 6. The summed E-state index contributed by atoms with van der Waals surface area (Å²) in [4.78, 5) is 12.4. The molecule has 0 fully saturated rings. The summed E-state index contributed by atoms with van der Waals surface area (Å²) in [5.41, 5.74) is 0.235. The van der Waals surface area contributed by atoms with Gasteiger partial charge in [0.1, 0.15) is 12.1 Å². The lowest BCUT2D eigenvalue weighted by Crippen LogP contribution is -2.23. The highest BCUT2D eigenvalue weighted by atomic mass is 32.2. The minimum absolute atomic E-state index is 0.401. The van der Waals surface area contributed by atoms with E-state index in [1.54, 1.807) is 23.6 Å². The van der Waals surface area contributed by atoms with Gasteiger partial charge in [-0.25, -0.2) is 13.2 Å². The first-order valence-electron chi connectivity index (χ1n) is 8.06. The van der Waals surface area contributed by atoms with Crippen molar-refractivity contribution in [3.05, 3.63) is 60.2 Å². The SMILES string of the molecule is COc1ccccc1-n1cnnc1S[C@H](C)C(=O)Nc1ccc(F)c(F)c1F. The molecule has 3 aromatic rings. The van der Waals surface area contributed by atoms with Crippen LogP contribution in [0.5, 0.6) is 5.75 Å². The molecule has 1 aromatic heterocycles. The molecule has 2 aromatic carbocycles. The molecule has 0 aliphatic heterocycles. The summed E-state index contributed by atoms with van der Waals surface area (Å²) in [7, 11) is 1.53. The maximum absolute atomic E-state index is 13.8. The Kier molecular flexibility index (Phi) is 5.88. The van der Waals surface area contributed by atoms with Crippen LogP contribution >= 0.6 is 11.8 Å². The van der Waals surface area contributed by atoms with Gasteiger partial charge in [-0.15, -0.1) is 10.2 Å². The molecule has 0 aliphatic carbocycles.